The molecule has 2 aromatic rings. The van der Waals surface area contributed by atoms with Crippen LogP contribution in [0.3, 0.4) is 0 Å². The Hall–Kier alpha value is -3.58. The highest BCUT2D eigenvalue weighted by Gasteiger charge is 2.38. The molecule has 4 unspecified atom stereocenters. The summed E-state index contributed by atoms with van der Waals surface area (Å²) >= 11 is 0. The maximum Gasteiger partial charge on any atom is 0.416 e. The number of alkyl halides is 3. The van der Waals surface area contributed by atoms with Crippen molar-refractivity contribution in [1.82, 2.24) is 10.3 Å². The maximum atomic E-state index is 13.0. The maximum absolute atomic E-state index is 13.0. The Balaban J connectivity index is 1.80. The topological polar surface area (TPSA) is 125 Å². The summed E-state index contributed by atoms with van der Waals surface area (Å²) in [5, 5.41) is 12.7. The number of hydrogen-bond donors (Lipinski definition) is 2. The monoisotopic (exact) mass is 556 g/mol. The number of carbonyl (C=O) groups excluding carboxylic acids is 2. The summed E-state index contributed by atoms with van der Waals surface area (Å²) in [5.41, 5.74) is -1.20. The molecule has 0 spiro atoms. The summed E-state index contributed by atoms with van der Waals surface area (Å²) in [7, 11) is 1.31. The van der Waals surface area contributed by atoms with Crippen LogP contribution in [-0.2, 0) is 25.2 Å². The van der Waals surface area contributed by atoms with Crippen molar-refractivity contribution in [3.63, 3.8) is 0 Å². The van der Waals surface area contributed by atoms with Crippen LogP contribution in [0.5, 0.6) is 17.2 Å². The minimum absolute atomic E-state index is 0.0189. The predicted molar refractivity (Wildman–Crippen MR) is 131 cm³/mol. The van der Waals surface area contributed by atoms with Crippen molar-refractivity contribution in [3.8, 4) is 17.2 Å². The zero-order chi connectivity index (χ0) is 28.7. The van der Waals surface area contributed by atoms with E-state index in [0.717, 1.165) is 12.1 Å². The predicted octanol–water partition coefficient (Wildman–Crippen LogP) is 3.36. The molecule has 2 heterocycles. The molecule has 214 valence electrons. The number of cyclic esters (lactones) is 1. The number of aromatic hydroxyl groups is 1. The first-order chi connectivity index (χ1) is 18.4. The lowest BCUT2D eigenvalue weighted by Crippen LogP contribution is -2.48. The molecule has 39 heavy (non-hydrogen) atoms. The van der Waals surface area contributed by atoms with Crippen LogP contribution >= 0.6 is 0 Å². The second-order valence-corrected chi connectivity index (χ2v) is 9.29. The Morgan fingerprint density at radius 3 is 2.51 bits per heavy atom. The Labute approximate surface area is 223 Å². The summed E-state index contributed by atoms with van der Waals surface area (Å²) in [6, 6.07) is 4.19. The number of benzene rings is 1. The number of rotatable bonds is 8. The molecule has 0 bridgehead atoms. The first kappa shape index (κ1) is 30.0. The first-order valence-corrected chi connectivity index (χ1v) is 12.2. The van der Waals surface area contributed by atoms with Crippen LogP contribution in [-0.4, -0.2) is 73.3 Å². The molecule has 0 aliphatic carbocycles. The molecule has 0 saturated carbocycles. The highest BCUT2D eigenvalue weighted by atomic mass is 19.4. The summed E-state index contributed by atoms with van der Waals surface area (Å²) in [5.74, 6) is -1.96. The van der Waals surface area contributed by atoms with Crippen LogP contribution in [0.15, 0.2) is 36.5 Å². The number of carbonyl (C=O) groups is 2. The van der Waals surface area contributed by atoms with Gasteiger partial charge in [-0.2, -0.15) is 13.2 Å². The number of methoxy groups -OCH3 is 1. The molecule has 1 aliphatic rings. The second-order valence-electron chi connectivity index (χ2n) is 9.29. The standard InChI is InChI=1S/C26H31F3N2O8/c1-14(2)11-37-20-13-36-12-18(31-24(33)21-22(32)19(35-4)9-10-30-21)25(34)38-15(3)23(20)39-17-7-5-16(6-8-17)26(27,28)29/h5-10,14-15,18,20,23,32H,11-13H2,1-4H3,(H,31,33). The van der Waals surface area contributed by atoms with Gasteiger partial charge in [-0.1, -0.05) is 13.8 Å². The normalized spacial score (nSPS) is 22.3. The third-order valence-electron chi connectivity index (χ3n) is 5.71. The van der Waals surface area contributed by atoms with E-state index in [0.29, 0.717) is 6.61 Å². The number of ether oxygens (including phenoxy) is 5. The molecular formula is C26H31F3N2O8. The lowest BCUT2D eigenvalue weighted by atomic mass is 10.1. The average molecular weight is 557 g/mol. The molecule has 1 amide bonds. The van der Waals surface area contributed by atoms with Gasteiger partial charge < -0.3 is 34.1 Å². The summed E-state index contributed by atoms with van der Waals surface area (Å²) in [6.45, 7) is 5.34. The Kier molecular flexibility index (Phi) is 9.97. The number of halogens is 3. The second kappa shape index (κ2) is 13.0. The number of nitrogens with one attached hydrogen (secondary N) is 1. The van der Waals surface area contributed by atoms with Crippen molar-refractivity contribution in [2.75, 3.05) is 26.9 Å². The highest BCUT2D eigenvalue weighted by Crippen LogP contribution is 2.31. The van der Waals surface area contributed by atoms with Gasteiger partial charge in [-0.15, -0.1) is 0 Å². The van der Waals surface area contributed by atoms with Gasteiger partial charge in [-0.05, 0) is 37.1 Å². The van der Waals surface area contributed by atoms with Gasteiger partial charge in [-0.25, -0.2) is 9.78 Å². The minimum atomic E-state index is -4.51. The number of esters is 1. The van der Waals surface area contributed by atoms with Gasteiger partial charge in [-0.3, -0.25) is 4.79 Å². The van der Waals surface area contributed by atoms with Gasteiger partial charge in [0, 0.05) is 18.9 Å². The van der Waals surface area contributed by atoms with Crippen molar-refractivity contribution in [1.29, 1.82) is 0 Å². The number of hydrogen-bond acceptors (Lipinski definition) is 9. The Bertz CT molecular complexity index is 1130. The molecule has 4 atom stereocenters. The van der Waals surface area contributed by atoms with Crippen LogP contribution in [0.25, 0.3) is 0 Å². The van der Waals surface area contributed by atoms with Crippen LogP contribution < -0.4 is 14.8 Å². The molecule has 1 aliphatic heterocycles. The molecule has 1 aromatic heterocycles. The largest absolute Gasteiger partial charge is 0.503 e. The van der Waals surface area contributed by atoms with E-state index in [4.69, 9.17) is 23.7 Å². The van der Waals surface area contributed by atoms with E-state index in [9.17, 15) is 27.9 Å². The summed E-state index contributed by atoms with van der Waals surface area (Å²) in [6.07, 6.45) is -5.93. The highest BCUT2D eigenvalue weighted by molar-refractivity contribution is 5.98. The van der Waals surface area contributed by atoms with Gasteiger partial charge in [0.2, 0.25) is 0 Å². The Morgan fingerprint density at radius 1 is 1.21 bits per heavy atom. The van der Waals surface area contributed by atoms with E-state index in [2.05, 4.69) is 10.3 Å². The Morgan fingerprint density at radius 2 is 1.90 bits per heavy atom. The van der Waals surface area contributed by atoms with Crippen molar-refractivity contribution in [3.05, 3.63) is 47.8 Å². The van der Waals surface area contributed by atoms with Crippen molar-refractivity contribution < 1.29 is 51.6 Å². The minimum Gasteiger partial charge on any atom is -0.503 e. The zero-order valence-electron chi connectivity index (χ0n) is 21.9. The molecule has 2 N–H and O–H groups in total. The SMILES string of the molecule is COc1ccnc(C(=O)NC2COCC(OCC(C)C)C(Oc3ccc(C(F)(F)F)cc3)C(C)OC2=O)c1O. The molecule has 1 fully saturated rings. The molecular weight excluding hydrogens is 525 g/mol. The lowest BCUT2D eigenvalue weighted by Gasteiger charge is -2.31. The molecule has 0 radical (unpaired) electrons. The molecule has 10 nitrogen and oxygen atoms in total. The molecule has 3 rings (SSSR count). The molecule has 1 saturated heterocycles. The van der Waals surface area contributed by atoms with Gasteiger partial charge >= 0.3 is 12.1 Å². The molecule has 13 heteroatoms. The fourth-order valence-electron chi connectivity index (χ4n) is 3.70. The average Bonchev–Trinajstić information content (AvgIpc) is 2.92. The van der Waals surface area contributed by atoms with E-state index in [1.54, 1.807) is 0 Å². The number of pyridine rings is 1. The number of nitrogens with zero attached hydrogens (tertiary/aromatic N) is 1. The number of aromatic nitrogens is 1. The van der Waals surface area contributed by atoms with Crippen LogP contribution in [0.1, 0.15) is 36.8 Å². The van der Waals surface area contributed by atoms with E-state index >= 15 is 0 Å². The summed E-state index contributed by atoms with van der Waals surface area (Å²) in [4.78, 5) is 29.6. The van der Waals surface area contributed by atoms with Crippen LogP contribution in [0, 0.1) is 5.92 Å². The zero-order valence-corrected chi connectivity index (χ0v) is 21.9. The van der Waals surface area contributed by atoms with Gasteiger partial charge in [0.1, 0.15) is 18.0 Å². The first-order valence-electron chi connectivity index (χ1n) is 12.2. The van der Waals surface area contributed by atoms with Gasteiger partial charge in [0.25, 0.3) is 5.91 Å². The van der Waals surface area contributed by atoms with E-state index in [-0.39, 0.29) is 36.3 Å². The fourth-order valence-corrected chi connectivity index (χ4v) is 3.70. The third-order valence-corrected chi connectivity index (χ3v) is 5.71. The van der Waals surface area contributed by atoms with Crippen molar-refractivity contribution in [2.45, 2.75) is 51.3 Å². The van der Waals surface area contributed by atoms with Crippen LogP contribution in [0.2, 0.25) is 0 Å². The quantitative estimate of drug-likeness (QED) is 0.471. The van der Waals surface area contributed by atoms with Gasteiger partial charge in [0.05, 0.1) is 25.9 Å². The van der Waals surface area contributed by atoms with E-state index in [1.807, 2.05) is 13.8 Å². The van der Waals surface area contributed by atoms with Crippen molar-refractivity contribution in [2.24, 2.45) is 5.92 Å². The third kappa shape index (κ3) is 7.96. The smallest absolute Gasteiger partial charge is 0.416 e. The van der Waals surface area contributed by atoms with E-state index in [1.165, 1.54) is 38.4 Å². The molecule has 1 aromatic carbocycles. The number of amides is 1. The van der Waals surface area contributed by atoms with Gasteiger partial charge in [0.15, 0.2) is 29.3 Å². The fraction of sp³-hybridized carbons (Fsp3) is 0.500. The van der Waals surface area contributed by atoms with E-state index < -0.39 is 53.7 Å². The summed E-state index contributed by atoms with van der Waals surface area (Å²) < 4.78 is 67.1. The lowest BCUT2D eigenvalue weighted by molar-refractivity contribution is -0.159. The van der Waals surface area contributed by atoms with Crippen LogP contribution in [0.4, 0.5) is 13.2 Å². The van der Waals surface area contributed by atoms with Crippen molar-refractivity contribution >= 4 is 11.9 Å².